The van der Waals surface area contributed by atoms with E-state index in [0.717, 1.165) is 35.2 Å². The molecule has 0 saturated carbocycles. The van der Waals surface area contributed by atoms with E-state index >= 15 is 0 Å². The fourth-order valence-electron chi connectivity index (χ4n) is 4.53. The molecule has 3 aromatic carbocycles. The molecule has 5 nitrogen and oxygen atoms in total. The highest BCUT2D eigenvalue weighted by atomic mass is 35.5. The number of benzene rings is 3. The van der Waals surface area contributed by atoms with Crippen LogP contribution in [0.4, 0.5) is 0 Å². The molecule has 0 aliphatic heterocycles. The number of nitrogens with two attached hydrogens (primary N) is 1. The Balaban J connectivity index is 0.00000342. The zero-order chi connectivity index (χ0) is 23.8. The van der Waals surface area contributed by atoms with Crippen molar-refractivity contribution in [1.29, 1.82) is 0 Å². The van der Waals surface area contributed by atoms with Gasteiger partial charge in [0.15, 0.2) is 0 Å². The summed E-state index contributed by atoms with van der Waals surface area (Å²) < 4.78 is 7.22. The van der Waals surface area contributed by atoms with Gasteiger partial charge in [-0.15, -0.1) is 12.4 Å². The van der Waals surface area contributed by atoms with Crippen molar-refractivity contribution >= 4 is 18.4 Å². The van der Waals surface area contributed by atoms with E-state index in [-0.39, 0.29) is 18.4 Å². The number of esters is 1. The first kappa shape index (κ1) is 26.2. The van der Waals surface area contributed by atoms with Crippen LogP contribution in [0.2, 0.25) is 0 Å². The van der Waals surface area contributed by atoms with Crippen LogP contribution in [0, 0.1) is 0 Å². The summed E-state index contributed by atoms with van der Waals surface area (Å²) in [5.74, 6) is -0.343. The van der Waals surface area contributed by atoms with Gasteiger partial charge in [0.1, 0.15) is 11.6 Å². The molecular formula is C29H32ClN3O2. The number of nitrogens with zero attached hydrogens (tertiary/aromatic N) is 2. The Bertz CT molecular complexity index is 1080. The predicted molar refractivity (Wildman–Crippen MR) is 142 cm³/mol. The van der Waals surface area contributed by atoms with Gasteiger partial charge in [0.25, 0.3) is 0 Å². The number of carbonyl (C=O) groups excluding carboxylic acids is 1. The summed E-state index contributed by atoms with van der Waals surface area (Å²) in [4.78, 5) is 16.6. The number of hydrogen-bond donors (Lipinski definition) is 1. The number of rotatable bonds is 10. The molecule has 0 spiro atoms. The third-order valence-electron chi connectivity index (χ3n) is 6.14. The Morgan fingerprint density at radius 3 is 1.86 bits per heavy atom. The summed E-state index contributed by atoms with van der Waals surface area (Å²) in [5, 5.41) is 0. The molecule has 0 aliphatic carbocycles. The average molecular weight is 490 g/mol. The van der Waals surface area contributed by atoms with Gasteiger partial charge in [-0.2, -0.15) is 0 Å². The summed E-state index contributed by atoms with van der Waals surface area (Å²) in [6.07, 6.45) is 6.07. The van der Waals surface area contributed by atoms with Crippen molar-refractivity contribution in [3.05, 3.63) is 126 Å². The van der Waals surface area contributed by atoms with Crippen LogP contribution >= 0.6 is 12.4 Å². The normalized spacial score (nSPS) is 11.9. The van der Waals surface area contributed by atoms with E-state index < -0.39 is 11.6 Å². The Morgan fingerprint density at radius 2 is 1.40 bits per heavy atom. The van der Waals surface area contributed by atoms with Crippen LogP contribution in [0.5, 0.6) is 0 Å². The predicted octanol–water partition coefficient (Wildman–Crippen LogP) is 5.36. The lowest BCUT2D eigenvalue weighted by molar-refractivity contribution is -0.144. The highest BCUT2D eigenvalue weighted by molar-refractivity contribution is 5.85. The fraction of sp³-hybridized carbons (Fsp3) is 0.241. The molecule has 2 N–H and O–H groups in total. The van der Waals surface area contributed by atoms with Gasteiger partial charge in [-0.25, -0.2) is 4.98 Å². The number of hydrogen-bond acceptors (Lipinski definition) is 4. The molecule has 0 saturated heterocycles. The van der Waals surface area contributed by atoms with Crippen molar-refractivity contribution in [1.82, 2.24) is 9.55 Å². The van der Waals surface area contributed by atoms with Gasteiger partial charge in [-0.3, -0.25) is 4.79 Å². The smallest absolute Gasteiger partial charge is 0.322 e. The number of halogens is 1. The fourth-order valence-corrected chi connectivity index (χ4v) is 4.53. The van der Waals surface area contributed by atoms with Crippen LogP contribution in [0.1, 0.15) is 42.1 Å². The van der Waals surface area contributed by atoms with E-state index in [0.29, 0.717) is 13.0 Å². The third-order valence-corrected chi connectivity index (χ3v) is 6.14. The molecule has 0 fully saturated rings. The Morgan fingerprint density at radius 1 is 0.914 bits per heavy atom. The summed E-state index contributed by atoms with van der Waals surface area (Å²) in [7, 11) is 0. The lowest BCUT2D eigenvalue weighted by atomic mass is 9.77. The summed E-state index contributed by atoms with van der Waals surface area (Å²) in [6, 6.07) is 30.9. The first-order valence-corrected chi connectivity index (χ1v) is 11.8. The van der Waals surface area contributed by atoms with Crippen LogP contribution < -0.4 is 5.73 Å². The van der Waals surface area contributed by atoms with Crippen molar-refractivity contribution in [2.24, 2.45) is 5.73 Å². The second-order valence-electron chi connectivity index (χ2n) is 8.33. The van der Waals surface area contributed by atoms with Crippen LogP contribution in [0.3, 0.4) is 0 Å². The van der Waals surface area contributed by atoms with Crippen molar-refractivity contribution in [3.63, 3.8) is 0 Å². The standard InChI is InChI=1S/C29H31N3O2.ClH/c1-2-34-28(33)27(30)20-12-19-26-21-32(22-31-26)29(23-13-6-3-7-14-23,24-15-8-4-9-16-24)25-17-10-5-11-18-25;/h3-11,13-18,21-22,27H,2,12,19-20,30H2,1H3;1H/t27-;/m0./s1. The minimum atomic E-state index is -0.598. The highest BCUT2D eigenvalue weighted by Crippen LogP contribution is 2.40. The first-order valence-electron chi connectivity index (χ1n) is 11.8. The van der Waals surface area contributed by atoms with E-state index in [1.54, 1.807) is 6.92 Å². The quantitative estimate of drug-likeness (QED) is 0.240. The number of aryl methyl sites for hydroxylation is 1. The summed E-state index contributed by atoms with van der Waals surface area (Å²) in [5.41, 5.74) is 9.82. The highest BCUT2D eigenvalue weighted by Gasteiger charge is 2.38. The van der Waals surface area contributed by atoms with E-state index in [2.05, 4.69) is 83.6 Å². The van der Waals surface area contributed by atoms with E-state index in [1.165, 1.54) is 0 Å². The molecule has 0 aliphatic rings. The summed E-state index contributed by atoms with van der Waals surface area (Å²) in [6.45, 7) is 2.13. The number of imidazole rings is 1. The molecule has 182 valence electrons. The summed E-state index contributed by atoms with van der Waals surface area (Å²) >= 11 is 0. The third kappa shape index (κ3) is 5.64. The zero-order valence-electron chi connectivity index (χ0n) is 19.9. The van der Waals surface area contributed by atoms with Crippen molar-refractivity contribution in [2.75, 3.05) is 6.61 Å². The molecule has 0 radical (unpaired) electrons. The van der Waals surface area contributed by atoms with Crippen molar-refractivity contribution in [2.45, 2.75) is 37.8 Å². The van der Waals surface area contributed by atoms with Gasteiger partial charge < -0.3 is 15.0 Å². The monoisotopic (exact) mass is 489 g/mol. The molecule has 6 heteroatoms. The van der Waals surface area contributed by atoms with Crippen LogP contribution in [-0.4, -0.2) is 28.2 Å². The molecule has 0 bridgehead atoms. The second kappa shape index (κ2) is 12.3. The Hall–Kier alpha value is -3.41. The molecule has 4 rings (SSSR count). The maximum absolute atomic E-state index is 11.8. The largest absolute Gasteiger partial charge is 0.465 e. The average Bonchev–Trinajstić information content (AvgIpc) is 3.35. The maximum atomic E-state index is 11.8. The van der Waals surface area contributed by atoms with Crippen molar-refractivity contribution < 1.29 is 9.53 Å². The Kier molecular flexibility index (Phi) is 9.24. The molecular weight excluding hydrogens is 458 g/mol. The van der Waals surface area contributed by atoms with Gasteiger partial charge >= 0.3 is 5.97 Å². The molecule has 1 heterocycles. The maximum Gasteiger partial charge on any atom is 0.322 e. The molecule has 35 heavy (non-hydrogen) atoms. The zero-order valence-corrected chi connectivity index (χ0v) is 20.7. The molecule has 4 aromatic rings. The SMILES string of the molecule is CCOC(=O)[C@@H](N)CCCc1cn(C(c2ccccc2)(c2ccccc2)c2ccccc2)cn1.Cl. The van der Waals surface area contributed by atoms with Gasteiger partial charge in [-0.05, 0) is 42.9 Å². The van der Waals surface area contributed by atoms with E-state index in [1.807, 2.05) is 24.5 Å². The molecule has 0 unspecified atom stereocenters. The van der Waals surface area contributed by atoms with Crippen molar-refractivity contribution in [3.8, 4) is 0 Å². The van der Waals surface area contributed by atoms with Gasteiger partial charge in [0.05, 0.1) is 18.6 Å². The lowest BCUT2D eigenvalue weighted by Gasteiger charge is -2.37. The number of carbonyl (C=O) groups is 1. The Labute approximate surface area is 213 Å². The minimum absolute atomic E-state index is 0. The van der Waals surface area contributed by atoms with Crippen LogP contribution in [-0.2, 0) is 21.5 Å². The minimum Gasteiger partial charge on any atom is -0.465 e. The number of aromatic nitrogens is 2. The van der Waals surface area contributed by atoms with Gasteiger partial charge in [-0.1, -0.05) is 91.0 Å². The van der Waals surface area contributed by atoms with Gasteiger partial charge in [0.2, 0.25) is 0 Å². The van der Waals surface area contributed by atoms with Gasteiger partial charge in [0, 0.05) is 6.20 Å². The first-order chi connectivity index (χ1) is 16.7. The van der Waals surface area contributed by atoms with Crippen LogP contribution in [0.15, 0.2) is 104 Å². The second-order valence-corrected chi connectivity index (χ2v) is 8.33. The number of ether oxygens (including phenoxy) is 1. The van der Waals surface area contributed by atoms with E-state index in [4.69, 9.17) is 15.5 Å². The van der Waals surface area contributed by atoms with Crippen LogP contribution in [0.25, 0.3) is 0 Å². The molecule has 1 aromatic heterocycles. The molecule has 1 atom stereocenters. The lowest BCUT2D eigenvalue weighted by Crippen LogP contribution is -2.36. The topological polar surface area (TPSA) is 70.1 Å². The van der Waals surface area contributed by atoms with E-state index in [9.17, 15) is 4.79 Å². The molecule has 0 amide bonds.